The van der Waals surface area contributed by atoms with Gasteiger partial charge in [0.25, 0.3) is 0 Å². The van der Waals surface area contributed by atoms with Crippen LogP contribution in [0.2, 0.25) is 5.02 Å². The number of nitro benzene ring substituents is 2. The second-order valence-corrected chi connectivity index (χ2v) is 15.6. The molecule has 16 heteroatoms. The molecule has 1 N–H and O–H groups in total. The zero-order chi connectivity index (χ0) is 42.1. The van der Waals surface area contributed by atoms with Crippen LogP contribution < -0.4 is 19.4 Å². The van der Waals surface area contributed by atoms with Crippen molar-refractivity contribution in [2.45, 2.75) is 18.3 Å². The Kier molecular flexibility index (Phi) is 9.58. The largest absolute Gasteiger partial charge is 0.504 e. The highest BCUT2D eigenvalue weighted by molar-refractivity contribution is 6.32. The van der Waals surface area contributed by atoms with Crippen molar-refractivity contribution in [1.29, 1.82) is 0 Å². The normalized spacial score (nSPS) is 24.8. The van der Waals surface area contributed by atoms with Crippen LogP contribution in [0.4, 0.5) is 28.4 Å². The second kappa shape index (κ2) is 14.5. The van der Waals surface area contributed by atoms with E-state index in [4.69, 9.17) is 16.3 Å². The third-order valence-electron chi connectivity index (χ3n) is 12.1. The van der Waals surface area contributed by atoms with Gasteiger partial charge in [-0.25, -0.2) is 9.80 Å². The highest BCUT2D eigenvalue weighted by Gasteiger charge is 2.69. The number of aromatic hydroxyl groups is 1. The number of methoxy groups -OCH3 is 1. The minimum absolute atomic E-state index is 0.0202. The van der Waals surface area contributed by atoms with Crippen LogP contribution in [0.15, 0.2) is 103 Å². The number of hydrogen-bond acceptors (Lipinski definition) is 11. The number of hydrogen-bond donors (Lipinski definition) is 1. The number of allylic oxidation sites excluding steroid dienone is 3. The number of halogens is 1. The first-order valence-corrected chi connectivity index (χ1v) is 19.0. The zero-order valence-corrected chi connectivity index (χ0v) is 32.6. The lowest BCUT2D eigenvalue weighted by Crippen LogP contribution is -2.54. The number of anilines is 3. The lowest BCUT2D eigenvalue weighted by atomic mass is 9.50. The molecule has 2 aliphatic carbocycles. The van der Waals surface area contributed by atoms with Gasteiger partial charge in [0.2, 0.25) is 23.6 Å². The molecular formula is C43H36ClN5O10. The van der Waals surface area contributed by atoms with Gasteiger partial charge in [0.15, 0.2) is 17.2 Å². The molecular weight excluding hydrogens is 782 g/mol. The van der Waals surface area contributed by atoms with Crippen molar-refractivity contribution in [3.8, 4) is 11.5 Å². The number of nitrogens with zero attached hydrogens (tertiary/aromatic N) is 5. The highest BCUT2D eigenvalue weighted by atomic mass is 35.5. The molecule has 59 heavy (non-hydrogen) atoms. The molecule has 6 atom stereocenters. The maximum absolute atomic E-state index is 15.4. The van der Waals surface area contributed by atoms with Gasteiger partial charge in [0, 0.05) is 37.2 Å². The molecule has 4 amide bonds. The third kappa shape index (κ3) is 5.94. The zero-order valence-electron chi connectivity index (χ0n) is 31.9. The fourth-order valence-electron chi connectivity index (χ4n) is 9.71. The molecule has 4 aliphatic rings. The summed E-state index contributed by atoms with van der Waals surface area (Å²) < 4.78 is 5.34. The van der Waals surface area contributed by atoms with E-state index in [9.17, 15) is 39.7 Å². The number of carbonyl (C=O) groups excluding carboxylic acids is 4. The molecule has 0 unspecified atom stereocenters. The molecule has 2 heterocycles. The first-order chi connectivity index (χ1) is 28.2. The Morgan fingerprint density at radius 2 is 1.54 bits per heavy atom. The lowest BCUT2D eigenvalue weighted by molar-refractivity contribution is -0.392. The van der Waals surface area contributed by atoms with Gasteiger partial charge in [-0.1, -0.05) is 77.9 Å². The van der Waals surface area contributed by atoms with Crippen LogP contribution in [-0.2, 0) is 24.6 Å². The van der Waals surface area contributed by atoms with Gasteiger partial charge in [-0.2, -0.15) is 0 Å². The van der Waals surface area contributed by atoms with E-state index < -0.39 is 79.9 Å². The van der Waals surface area contributed by atoms with Gasteiger partial charge < -0.3 is 14.7 Å². The van der Waals surface area contributed by atoms with Gasteiger partial charge in [0.1, 0.15) is 0 Å². The lowest BCUT2D eigenvalue weighted by Gasteiger charge is -2.49. The van der Waals surface area contributed by atoms with Crippen molar-refractivity contribution in [3.05, 3.63) is 139 Å². The molecule has 0 aromatic heterocycles. The maximum Gasteiger partial charge on any atom is 0.301 e. The van der Waals surface area contributed by atoms with Crippen molar-refractivity contribution >= 4 is 69.7 Å². The topological polar surface area (TPSA) is 194 Å². The van der Waals surface area contributed by atoms with Crippen LogP contribution in [0.25, 0.3) is 6.08 Å². The third-order valence-corrected chi connectivity index (χ3v) is 12.3. The van der Waals surface area contributed by atoms with Crippen molar-refractivity contribution in [2.75, 3.05) is 35.9 Å². The van der Waals surface area contributed by atoms with E-state index in [0.29, 0.717) is 21.7 Å². The first-order valence-electron chi connectivity index (χ1n) is 18.7. The summed E-state index contributed by atoms with van der Waals surface area (Å²) >= 11 is 6.39. The summed E-state index contributed by atoms with van der Waals surface area (Å²) in [6.45, 7) is 0. The standard InChI is InChI=1S/C43H36ClN5O10/c1-45(2)38-33(48(55)56)20-27(21-34(38)49(57)58)46-39(51)29-15-14-28-30(37(29)41(46)53)22-32-40(52)47(26-11-7-10-25(44)19-26)42(54)43(32,24-8-5-4-6-9-24)31(28)16-12-23-13-17-35(50)36(18-23)59-3/h4-14,16-21,29-32,37,50H,15,22H2,1-3H3/t29-,30+,31-,32-,37-,43-/m0/s1. The molecule has 0 bridgehead atoms. The van der Waals surface area contributed by atoms with Gasteiger partial charge in [-0.05, 0) is 60.2 Å². The smallest absolute Gasteiger partial charge is 0.301 e. The summed E-state index contributed by atoms with van der Waals surface area (Å²) in [5.41, 5.74) is -1.41. The van der Waals surface area contributed by atoms with E-state index in [2.05, 4.69) is 0 Å². The Hall–Kier alpha value is -6.87. The van der Waals surface area contributed by atoms with Crippen molar-refractivity contribution in [2.24, 2.45) is 29.6 Å². The number of phenols is 1. The SMILES string of the molecule is COc1cc(C=C[C@H]2C3=CC[C@@H]4C(=O)N(c5cc([N+](=O)[O-])c(N(C)C)c([N+](=O)[O-])c5)C(=O)[C@@H]4[C@@H]3C[C@H]3C(=O)N(c4cccc(Cl)c4)C(=O)[C@@]23c2ccccc2)ccc1O. The number of fused-ring (bicyclic) bond motifs is 4. The van der Waals surface area contributed by atoms with E-state index >= 15 is 4.79 Å². The highest BCUT2D eigenvalue weighted by Crippen LogP contribution is 2.62. The molecule has 4 aromatic rings. The summed E-state index contributed by atoms with van der Waals surface area (Å²) in [5, 5.41) is 35.1. The molecule has 4 aromatic carbocycles. The minimum atomic E-state index is -1.54. The van der Waals surface area contributed by atoms with Gasteiger partial charge in [-0.15, -0.1) is 0 Å². The van der Waals surface area contributed by atoms with E-state index in [1.54, 1.807) is 66.7 Å². The summed E-state index contributed by atoms with van der Waals surface area (Å²) in [4.78, 5) is 85.4. The van der Waals surface area contributed by atoms with Crippen LogP contribution in [-0.4, -0.2) is 59.8 Å². The summed E-state index contributed by atoms with van der Waals surface area (Å²) in [5.74, 6) is -7.05. The number of imide groups is 2. The monoisotopic (exact) mass is 817 g/mol. The fourth-order valence-corrected chi connectivity index (χ4v) is 9.89. The Labute approximate surface area is 342 Å². The molecule has 1 saturated carbocycles. The Balaban J connectivity index is 1.31. The minimum Gasteiger partial charge on any atom is -0.504 e. The van der Waals surface area contributed by atoms with Gasteiger partial charge in [0.05, 0.1) is 51.5 Å². The quantitative estimate of drug-likeness (QED) is 0.0804. The van der Waals surface area contributed by atoms with Crippen LogP contribution in [0, 0.1) is 49.8 Å². The number of phenolic OH excluding ortho intramolecular Hbond substituents is 1. The van der Waals surface area contributed by atoms with Gasteiger partial charge >= 0.3 is 11.4 Å². The van der Waals surface area contributed by atoms with Crippen LogP contribution in [0.1, 0.15) is 24.0 Å². The number of benzene rings is 4. The van der Waals surface area contributed by atoms with Crippen molar-refractivity contribution in [1.82, 2.24) is 0 Å². The molecule has 300 valence electrons. The molecule has 0 radical (unpaired) electrons. The Bertz CT molecular complexity index is 2520. The Morgan fingerprint density at radius 3 is 2.17 bits per heavy atom. The van der Waals surface area contributed by atoms with Crippen LogP contribution >= 0.6 is 11.6 Å². The number of amides is 4. The van der Waals surface area contributed by atoms with E-state index in [-0.39, 0.29) is 41.4 Å². The molecule has 2 aliphatic heterocycles. The van der Waals surface area contributed by atoms with Crippen LogP contribution in [0.5, 0.6) is 11.5 Å². The van der Waals surface area contributed by atoms with Crippen LogP contribution in [0.3, 0.4) is 0 Å². The van der Waals surface area contributed by atoms with E-state index in [0.717, 1.165) is 21.9 Å². The van der Waals surface area contributed by atoms with Crippen molar-refractivity contribution < 1.29 is 38.9 Å². The number of nitro groups is 2. The molecule has 15 nitrogen and oxygen atoms in total. The summed E-state index contributed by atoms with van der Waals surface area (Å²) in [6.07, 6.45) is 5.43. The van der Waals surface area contributed by atoms with Crippen molar-refractivity contribution in [3.63, 3.8) is 0 Å². The maximum atomic E-state index is 15.4. The average Bonchev–Trinajstić information content (AvgIpc) is 3.61. The number of rotatable bonds is 9. The summed E-state index contributed by atoms with van der Waals surface area (Å²) in [7, 11) is 4.23. The van der Waals surface area contributed by atoms with E-state index in [1.165, 1.54) is 38.2 Å². The van der Waals surface area contributed by atoms with E-state index in [1.807, 2.05) is 12.2 Å². The Morgan fingerprint density at radius 1 is 0.847 bits per heavy atom. The first kappa shape index (κ1) is 39.0. The number of ether oxygens (including phenoxy) is 1. The predicted molar refractivity (Wildman–Crippen MR) is 217 cm³/mol. The molecule has 0 spiro atoms. The average molecular weight is 818 g/mol. The predicted octanol–water partition coefficient (Wildman–Crippen LogP) is 6.85. The summed E-state index contributed by atoms with van der Waals surface area (Å²) in [6, 6.07) is 22.1. The molecule has 8 rings (SSSR count). The molecule has 2 saturated heterocycles. The molecule has 3 fully saturated rings. The van der Waals surface area contributed by atoms with Gasteiger partial charge in [-0.3, -0.25) is 39.4 Å². The number of carbonyl (C=O) groups is 4. The second-order valence-electron chi connectivity index (χ2n) is 15.2. The fraction of sp³-hybridized carbons (Fsp3) is 0.256.